The molecule has 3 rings (SSSR count). The number of anilines is 1. The molecule has 1 saturated heterocycles. The normalized spacial score (nSPS) is 14.7. The number of carbonyl (C=O) groups is 1. The fourth-order valence-corrected chi connectivity index (χ4v) is 2.92. The van der Waals surface area contributed by atoms with E-state index in [1.807, 2.05) is 6.07 Å². The van der Waals surface area contributed by atoms with Gasteiger partial charge in [-0.3, -0.25) is 9.69 Å². The van der Waals surface area contributed by atoms with Crippen LogP contribution in [0.4, 0.5) is 10.1 Å². The van der Waals surface area contributed by atoms with Gasteiger partial charge in [-0.1, -0.05) is 18.2 Å². The lowest BCUT2D eigenvalue weighted by molar-refractivity contribution is 0.0398. The van der Waals surface area contributed by atoms with E-state index in [-0.39, 0.29) is 11.7 Å². The number of nitrogens with one attached hydrogen (secondary N) is 2. The molecule has 0 atom stereocenters. The maximum Gasteiger partial charge on any atom is 0.269 e. The molecule has 0 aliphatic carbocycles. The summed E-state index contributed by atoms with van der Waals surface area (Å²) in [6.45, 7) is 5.64. The Morgan fingerprint density at radius 1 is 1.15 bits per heavy atom. The topological polar surface area (TPSA) is 66.5 Å². The highest BCUT2D eigenvalue weighted by atomic mass is 19.1. The minimum Gasteiger partial charge on any atom is -0.383 e. The summed E-state index contributed by atoms with van der Waals surface area (Å²) in [6, 6.07) is 10.1. The van der Waals surface area contributed by atoms with Crippen molar-refractivity contribution in [2.24, 2.45) is 0 Å². The summed E-state index contributed by atoms with van der Waals surface area (Å²) in [7, 11) is 0. The second kappa shape index (κ2) is 9.99. The number of carbonyl (C=O) groups excluding carboxylic acids is 1. The number of nitrogens with zero attached hydrogens (tertiary/aromatic N) is 2. The molecule has 1 fully saturated rings. The fourth-order valence-electron chi connectivity index (χ4n) is 2.92. The van der Waals surface area contributed by atoms with Gasteiger partial charge in [0.15, 0.2) is 0 Å². The molecule has 0 saturated carbocycles. The number of pyridine rings is 1. The molecule has 0 unspecified atom stereocenters. The SMILES string of the molecule is O=C(NCCc1ccccc1F)c1ccc(NCCN2CCOCC2)cn1. The summed E-state index contributed by atoms with van der Waals surface area (Å²) in [5.41, 5.74) is 1.82. The highest BCUT2D eigenvalue weighted by Crippen LogP contribution is 2.08. The lowest BCUT2D eigenvalue weighted by atomic mass is 10.1. The number of amides is 1. The van der Waals surface area contributed by atoms with Crippen LogP contribution in [0.5, 0.6) is 0 Å². The van der Waals surface area contributed by atoms with Gasteiger partial charge in [0.25, 0.3) is 5.91 Å². The molecular formula is C20H25FN4O2. The monoisotopic (exact) mass is 372 g/mol. The number of rotatable bonds is 8. The molecule has 2 N–H and O–H groups in total. The Morgan fingerprint density at radius 2 is 1.96 bits per heavy atom. The lowest BCUT2D eigenvalue weighted by Crippen LogP contribution is -2.39. The summed E-state index contributed by atoms with van der Waals surface area (Å²) in [5, 5.41) is 6.08. The maximum atomic E-state index is 13.6. The molecule has 1 amide bonds. The van der Waals surface area contributed by atoms with Gasteiger partial charge in [0.2, 0.25) is 0 Å². The molecule has 144 valence electrons. The van der Waals surface area contributed by atoms with E-state index in [9.17, 15) is 9.18 Å². The van der Waals surface area contributed by atoms with Crippen molar-refractivity contribution in [2.45, 2.75) is 6.42 Å². The molecule has 0 spiro atoms. The van der Waals surface area contributed by atoms with E-state index >= 15 is 0 Å². The predicted octanol–water partition coefficient (Wildman–Crippen LogP) is 1.94. The Labute approximate surface area is 158 Å². The molecule has 1 aliphatic rings. The maximum absolute atomic E-state index is 13.6. The molecule has 1 aromatic carbocycles. The van der Waals surface area contributed by atoms with Crippen molar-refractivity contribution in [1.82, 2.24) is 15.2 Å². The Hall–Kier alpha value is -2.51. The van der Waals surface area contributed by atoms with Crippen LogP contribution in [0.1, 0.15) is 16.1 Å². The average molecular weight is 372 g/mol. The van der Waals surface area contributed by atoms with Crippen LogP contribution in [0.15, 0.2) is 42.6 Å². The fraction of sp³-hybridized carbons (Fsp3) is 0.400. The Kier molecular flexibility index (Phi) is 7.12. The number of hydrogen-bond donors (Lipinski definition) is 2. The van der Waals surface area contributed by atoms with Crippen molar-refractivity contribution in [3.8, 4) is 0 Å². The average Bonchev–Trinajstić information content (AvgIpc) is 2.71. The van der Waals surface area contributed by atoms with Crippen molar-refractivity contribution >= 4 is 11.6 Å². The zero-order valence-electron chi connectivity index (χ0n) is 15.3. The summed E-state index contributed by atoms with van der Waals surface area (Å²) < 4.78 is 18.9. The summed E-state index contributed by atoms with van der Waals surface area (Å²) in [6.07, 6.45) is 2.10. The first kappa shape index (κ1) is 19.3. The lowest BCUT2D eigenvalue weighted by Gasteiger charge is -2.26. The third kappa shape index (κ3) is 6.01. The first-order valence-electron chi connectivity index (χ1n) is 9.24. The third-order valence-electron chi connectivity index (χ3n) is 4.49. The molecule has 7 heteroatoms. The standard InChI is InChI=1S/C20H25FN4O2/c21-18-4-2-1-3-16(18)7-8-23-20(26)19-6-5-17(15-24-19)22-9-10-25-11-13-27-14-12-25/h1-6,15,22H,7-14H2,(H,23,26). The van der Waals surface area contributed by atoms with Gasteiger partial charge >= 0.3 is 0 Å². The number of halogens is 1. The van der Waals surface area contributed by atoms with Crippen LogP contribution < -0.4 is 10.6 Å². The van der Waals surface area contributed by atoms with E-state index in [2.05, 4.69) is 20.5 Å². The van der Waals surface area contributed by atoms with Gasteiger partial charge in [0.1, 0.15) is 11.5 Å². The Morgan fingerprint density at radius 3 is 2.70 bits per heavy atom. The van der Waals surface area contributed by atoms with Crippen molar-refractivity contribution in [3.63, 3.8) is 0 Å². The molecule has 6 nitrogen and oxygen atoms in total. The molecule has 27 heavy (non-hydrogen) atoms. The van der Waals surface area contributed by atoms with Gasteiger partial charge < -0.3 is 15.4 Å². The van der Waals surface area contributed by atoms with Crippen LogP contribution in [0.3, 0.4) is 0 Å². The van der Waals surface area contributed by atoms with E-state index < -0.39 is 0 Å². The van der Waals surface area contributed by atoms with Crippen LogP contribution in [0, 0.1) is 5.82 Å². The Bertz CT molecular complexity index is 733. The highest BCUT2D eigenvalue weighted by molar-refractivity contribution is 5.92. The van der Waals surface area contributed by atoms with Crippen molar-refractivity contribution in [3.05, 3.63) is 59.7 Å². The van der Waals surface area contributed by atoms with Gasteiger partial charge in [-0.2, -0.15) is 0 Å². The minimum atomic E-state index is -0.258. The first-order chi connectivity index (χ1) is 13.2. The number of ether oxygens (including phenoxy) is 1. The van der Waals surface area contributed by atoms with E-state index in [0.29, 0.717) is 24.2 Å². The summed E-state index contributed by atoms with van der Waals surface area (Å²) in [5.74, 6) is -0.511. The van der Waals surface area contributed by atoms with Crippen LogP contribution in [-0.2, 0) is 11.2 Å². The minimum absolute atomic E-state index is 0.252. The molecule has 2 heterocycles. The highest BCUT2D eigenvalue weighted by Gasteiger charge is 2.10. The molecule has 1 aromatic heterocycles. The quantitative estimate of drug-likeness (QED) is 0.741. The van der Waals surface area contributed by atoms with Gasteiger partial charge in [-0.25, -0.2) is 9.37 Å². The van der Waals surface area contributed by atoms with Crippen molar-refractivity contribution in [1.29, 1.82) is 0 Å². The van der Waals surface area contributed by atoms with Crippen LogP contribution >= 0.6 is 0 Å². The Balaban J connectivity index is 1.39. The summed E-state index contributed by atoms with van der Waals surface area (Å²) in [4.78, 5) is 18.7. The van der Waals surface area contributed by atoms with Crippen molar-refractivity contribution < 1.29 is 13.9 Å². The summed E-state index contributed by atoms with van der Waals surface area (Å²) >= 11 is 0. The number of aromatic nitrogens is 1. The van der Waals surface area contributed by atoms with E-state index in [1.54, 1.807) is 30.5 Å². The zero-order valence-corrected chi connectivity index (χ0v) is 15.3. The zero-order chi connectivity index (χ0) is 18.9. The van der Waals surface area contributed by atoms with Gasteiger partial charge in [-0.05, 0) is 30.2 Å². The molecule has 2 aromatic rings. The predicted molar refractivity (Wildman–Crippen MR) is 102 cm³/mol. The van der Waals surface area contributed by atoms with E-state index in [0.717, 1.165) is 45.1 Å². The number of hydrogen-bond acceptors (Lipinski definition) is 5. The van der Waals surface area contributed by atoms with E-state index in [1.165, 1.54) is 6.07 Å². The van der Waals surface area contributed by atoms with E-state index in [4.69, 9.17) is 4.74 Å². The van der Waals surface area contributed by atoms with Gasteiger partial charge in [0.05, 0.1) is 25.1 Å². The molecule has 0 bridgehead atoms. The molecular weight excluding hydrogens is 347 g/mol. The van der Waals surface area contributed by atoms with Crippen molar-refractivity contribution in [2.75, 3.05) is 51.3 Å². The molecule has 1 aliphatic heterocycles. The number of benzene rings is 1. The van der Waals surface area contributed by atoms with Gasteiger partial charge in [-0.15, -0.1) is 0 Å². The number of morpholine rings is 1. The largest absolute Gasteiger partial charge is 0.383 e. The van der Waals surface area contributed by atoms with Crippen LogP contribution in [0.25, 0.3) is 0 Å². The van der Waals surface area contributed by atoms with Crippen LogP contribution in [-0.4, -0.2) is 61.7 Å². The smallest absolute Gasteiger partial charge is 0.269 e. The first-order valence-corrected chi connectivity index (χ1v) is 9.24. The second-order valence-corrected chi connectivity index (χ2v) is 6.41. The van der Waals surface area contributed by atoms with Gasteiger partial charge in [0, 0.05) is 32.7 Å². The third-order valence-corrected chi connectivity index (χ3v) is 4.49. The molecule has 0 radical (unpaired) electrons. The second-order valence-electron chi connectivity index (χ2n) is 6.41. The van der Waals surface area contributed by atoms with Crippen LogP contribution in [0.2, 0.25) is 0 Å².